The SMILES string of the molecule is CC/C=C\C/C=C\C/C=C\CCCCCC(=O)OCC(COC(=O)CCCCCCCC)OC(=O)CCCCCCCCC. The van der Waals surface area contributed by atoms with Crippen molar-refractivity contribution >= 4 is 17.9 Å². The second kappa shape index (κ2) is 33.5. The van der Waals surface area contributed by atoms with E-state index in [9.17, 15) is 14.4 Å². The summed E-state index contributed by atoms with van der Waals surface area (Å²) in [6, 6.07) is 0. The molecule has 6 nitrogen and oxygen atoms in total. The van der Waals surface area contributed by atoms with Crippen LogP contribution < -0.4 is 0 Å². The van der Waals surface area contributed by atoms with Crippen LogP contribution in [0, 0.1) is 0 Å². The molecule has 0 saturated carbocycles. The van der Waals surface area contributed by atoms with Gasteiger partial charge in [-0.3, -0.25) is 14.4 Å². The number of rotatable bonds is 31. The number of carbonyl (C=O) groups is 3. The number of ether oxygens (including phenoxy) is 3. The number of hydrogen-bond donors (Lipinski definition) is 0. The molecule has 0 saturated heterocycles. The molecule has 0 aliphatic rings. The molecule has 0 aliphatic heterocycles. The Labute approximate surface area is 270 Å². The van der Waals surface area contributed by atoms with E-state index in [-0.39, 0.29) is 31.1 Å². The lowest BCUT2D eigenvalue weighted by molar-refractivity contribution is -0.167. The summed E-state index contributed by atoms with van der Waals surface area (Å²) in [5.74, 6) is -0.938. The standard InChI is InChI=1S/C38H66O6/c1-4-7-10-13-16-17-18-19-20-21-23-25-28-31-37(40)43-34-35(33-42-36(39)30-27-24-15-12-9-6-3)44-38(41)32-29-26-22-14-11-8-5-2/h7,10,16-17,19-20,35H,4-6,8-9,11-15,18,21-34H2,1-3H3/b10-7-,17-16-,20-19-. The van der Waals surface area contributed by atoms with Crippen LogP contribution >= 0.6 is 0 Å². The smallest absolute Gasteiger partial charge is 0.306 e. The minimum absolute atomic E-state index is 0.0817. The molecule has 0 radical (unpaired) electrons. The fraction of sp³-hybridized carbons (Fsp3) is 0.763. The zero-order chi connectivity index (χ0) is 32.4. The van der Waals surface area contributed by atoms with Gasteiger partial charge in [-0.15, -0.1) is 0 Å². The Bertz CT molecular complexity index is 769. The first kappa shape index (κ1) is 41.6. The molecule has 0 aromatic carbocycles. The molecule has 0 bridgehead atoms. The third kappa shape index (κ3) is 31.1. The molecule has 254 valence electrons. The molecule has 44 heavy (non-hydrogen) atoms. The van der Waals surface area contributed by atoms with E-state index in [4.69, 9.17) is 14.2 Å². The van der Waals surface area contributed by atoms with Crippen LogP contribution in [0.25, 0.3) is 0 Å². The summed E-state index contributed by atoms with van der Waals surface area (Å²) in [4.78, 5) is 37.1. The van der Waals surface area contributed by atoms with Crippen molar-refractivity contribution in [3.8, 4) is 0 Å². The zero-order valence-electron chi connectivity index (χ0n) is 28.7. The van der Waals surface area contributed by atoms with E-state index in [2.05, 4.69) is 57.2 Å². The summed E-state index contributed by atoms with van der Waals surface area (Å²) in [5.41, 5.74) is 0. The quantitative estimate of drug-likeness (QED) is 0.0333. The average molecular weight is 619 g/mol. The van der Waals surface area contributed by atoms with Crippen molar-refractivity contribution < 1.29 is 28.6 Å². The van der Waals surface area contributed by atoms with Gasteiger partial charge in [0, 0.05) is 19.3 Å². The van der Waals surface area contributed by atoms with Gasteiger partial charge in [0.05, 0.1) is 0 Å². The van der Waals surface area contributed by atoms with Gasteiger partial charge in [0.1, 0.15) is 13.2 Å². The molecular weight excluding hydrogens is 552 g/mol. The summed E-state index contributed by atoms with van der Waals surface area (Å²) >= 11 is 0. The zero-order valence-corrected chi connectivity index (χ0v) is 28.7. The summed E-state index contributed by atoms with van der Waals surface area (Å²) in [7, 11) is 0. The Morgan fingerprint density at radius 1 is 0.477 bits per heavy atom. The minimum atomic E-state index is -0.772. The number of unbranched alkanes of at least 4 members (excludes halogenated alkanes) is 14. The van der Waals surface area contributed by atoms with Crippen LogP contribution in [0.15, 0.2) is 36.5 Å². The fourth-order valence-electron chi connectivity index (χ4n) is 4.69. The van der Waals surface area contributed by atoms with Crippen molar-refractivity contribution in [3.05, 3.63) is 36.5 Å². The minimum Gasteiger partial charge on any atom is -0.462 e. The van der Waals surface area contributed by atoms with Crippen LogP contribution in [-0.4, -0.2) is 37.2 Å². The summed E-state index contributed by atoms with van der Waals surface area (Å²) < 4.78 is 16.4. The Morgan fingerprint density at radius 2 is 0.886 bits per heavy atom. The maximum Gasteiger partial charge on any atom is 0.306 e. The molecule has 0 heterocycles. The first-order valence-electron chi connectivity index (χ1n) is 18.0. The Hall–Kier alpha value is -2.37. The highest BCUT2D eigenvalue weighted by Crippen LogP contribution is 2.12. The number of allylic oxidation sites excluding steroid dienone is 6. The lowest BCUT2D eigenvalue weighted by Gasteiger charge is -2.18. The van der Waals surface area contributed by atoms with Crippen LogP contribution in [0.5, 0.6) is 0 Å². The monoisotopic (exact) mass is 618 g/mol. The Morgan fingerprint density at radius 3 is 1.39 bits per heavy atom. The van der Waals surface area contributed by atoms with Crippen molar-refractivity contribution in [1.29, 1.82) is 0 Å². The topological polar surface area (TPSA) is 78.9 Å². The molecule has 0 rings (SSSR count). The van der Waals surface area contributed by atoms with Crippen LogP contribution in [0.1, 0.15) is 168 Å². The van der Waals surface area contributed by atoms with E-state index in [1.165, 1.54) is 44.9 Å². The van der Waals surface area contributed by atoms with Gasteiger partial charge in [0.25, 0.3) is 0 Å². The molecule has 0 aromatic rings. The van der Waals surface area contributed by atoms with Crippen molar-refractivity contribution in [2.45, 2.75) is 175 Å². The summed E-state index contributed by atoms with van der Waals surface area (Å²) in [5, 5.41) is 0. The van der Waals surface area contributed by atoms with E-state index in [0.717, 1.165) is 83.5 Å². The van der Waals surface area contributed by atoms with E-state index in [0.29, 0.717) is 19.3 Å². The van der Waals surface area contributed by atoms with Crippen molar-refractivity contribution in [3.63, 3.8) is 0 Å². The first-order chi connectivity index (χ1) is 21.5. The summed E-state index contributed by atoms with van der Waals surface area (Å²) in [6.07, 6.45) is 34.4. The second-order valence-corrected chi connectivity index (χ2v) is 11.8. The van der Waals surface area contributed by atoms with E-state index in [1.54, 1.807) is 0 Å². The van der Waals surface area contributed by atoms with Gasteiger partial charge in [0.2, 0.25) is 0 Å². The van der Waals surface area contributed by atoms with Gasteiger partial charge in [-0.05, 0) is 51.4 Å². The molecule has 1 unspecified atom stereocenters. The second-order valence-electron chi connectivity index (χ2n) is 11.8. The molecule has 0 amide bonds. The molecule has 0 aliphatic carbocycles. The molecule has 0 N–H and O–H groups in total. The molecule has 1 atom stereocenters. The van der Waals surface area contributed by atoms with Gasteiger partial charge in [-0.1, -0.05) is 134 Å². The van der Waals surface area contributed by atoms with Crippen LogP contribution in [-0.2, 0) is 28.6 Å². The van der Waals surface area contributed by atoms with Crippen molar-refractivity contribution in [2.75, 3.05) is 13.2 Å². The molecule has 0 spiro atoms. The lowest BCUT2D eigenvalue weighted by atomic mass is 10.1. The van der Waals surface area contributed by atoms with Crippen molar-refractivity contribution in [1.82, 2.24) is 0 Å². The highest BCUT2D eigenvalue weighted by atomic mass is 16.6. The summed E-state index contributed by atoms with van der Waals surface area (Å²) in [6.45, 7) is 6.35. The Kier molecular flexibility index (Phi) is 31.7. The van der Waals surface area contributed by atoms with Gasteiger partial charge in [-0.25, -0.2) is 0 Å². The molecule has 0 aromatic heterocycles. The largest absolute Gasteiger partial charge is 0.462 e. The lowest BCUT2D eigenvalue weighted by Crippen LogP contribution is -2.30. The predicted molar refractivity (Wildman–Crippen MR) is 182 cm³/mol. The van der Waals surface area contributed by atoms with Crippen LogP contribution in [0.3, 0.4) is 0 Å². The van der Waals surface area contributed by atoms with Crippen LogP contribution in [0.2, 0.25) is 0 Å². The van der Waals surface area contributed by atoms with Crippen LogP contribution in [0.4, 0.5) is 0 Å². The first-order valence-corrected chi connectivity index (χ1v) is 18.0. The molecule has 6 heteroatoms. The van der Waals surface area contributed by atoms with Gasteiger partial charge >= 0.3 is 17.9 Å². The highest BCUT2D eigenvalue weighted by molar-refractivity contribution is 5.71. The number of carbonyl (C=O) groups excluding carboxylic acids is 3. The third-order valence-corrected chi connectivity index (χ3v) is 7.41. The Balaban J connectivity index is 4.36. The van der Waals surface area contributed by atoms with Gasteiger partial charge in [0.15, 0.2) is 6.10 Å². The molecular formula is C38H66O6. The maximum absolute atomic E-state index is 12.5. The fourth-order valence-corrected chi connectivity index (χ4v) is 4.69. The van der Waals surface area contributed by atoms with E-state index < -0.39 is 6.10 Å². The normalized spacial score (nSPS) is 12.3. The average Bonchev–Trinajstić information content (AvgIpc) is 3.02. The highest BCUT2D eigenvalue weighted by Gasteiger charge is 2.19. The number of hydrogen-bond acceptors (Lipinski definition) is 6. The van der Waals surface area contributed by atoms with E-state index >= 15 is 0 Å². The van der Waals surface area contributed by atoms with Crippen molar-refractivity contribution in [2.24, 2.45) is 0 Å². The third-order valence-electron chi connectivity index (χ3n) is 7.41. The maximum atomic E-state index is 12.5. The number of esters is 3. The predicted octanol–water partition coefficient (Wildman–Crippen LogP) is 10.7. The van der Waals surface area contributed by atoms with Gasteiger partial charge in [-0.2, -0.15) is 0 Å². The molecule has 0 fully saturated rings. The van der Waals surface area contributed by atoms with E-state index in [1.807, 2.05) is 0 Å². The van der Waals surface area contributed by atoms with Gasteiger partial charge < -0.3 is 14.2 Å².